The molecule has 7 nitrogen and oxygen atoms in total. The fourth-order valence-corrected chi connectivity index (χ4v) is 4.61. The average molecular weight is 467 g/mol. The standard InChI is InChI=1S/C27H34N2O5/c1-6-29(27(4,5)25(31)32)24(30)23(15-17(2)3)28-26(33)34-16-22-20-13-9-7-11-18(20)19-12-8-10-14-21(19)22/h7-14,17,22-23H,6,15-16H2,1-5H3,(H,28,33)(H,31,32)/t23-/m1/s1. The fraction of sp³-hybridized carbons (Fsp3) is 0.444. The normalized spacial score (nSPS) is 13.7. The number of ether oxygens (including phenoxy) is 1. The third-order valence-electron chi connectivity index (χ3n) is 6.42. The molecule has 1 atom stereocenters. The Balaban J connectivity index is 1.74. The lowest BCUT2D eigenvalue weighted by Gasteiger charge is -2.37. The van der Waals surface area contributed by atoms with E-state index < -0.39 is 29.6 Å². The SMILES string of the molecule is CCN(C(=O)[C@@H](CC(C)C)NC(=O)OCC1c2ccccc2-c2ccccc21)C(C)(C)C(=O)O. The Morgan fingerprint density at radius 2 is 1.56 bits per heavy atom. The van der Waals surface area contributed by atoms with E-state index in [4.69, 9.17) is 4.74 Å². The number of aliphatic carboxylic acids is 1. The number of carboxylic acid groups (broad SMARTS) is 1. The number of amides is 2. The van der Waals surface area contributed by atoms with Crippen molar-refractivity contribution in [2.45, 2.75) is 58.5 Å². The summed E-state index contributed by atoms with van der Waals surface area (Å²) < 4.78 is 5.61. The lowest BCUT2D eigenvalue weighted by atomic mass is 9.98. The van der Waals surface area contributed by atoms with E-state index in [2.05, 4.69) is 17.4 Å². The number of nitrogens with zero attached hydrogens (tertiary/aromatic N) is 1. The molecule has 2 amide bonds. The van der Waals surface area contributed by atoms with Crippen LogP contribution in [-0.2, 0) is 14.3 Å². The molecule has 0 saturated heterocycles. The fourth-order valence-electron chi connectivity index (χ4n) is 4.61. The summed E-state index contributed by atoms with van der Waals surface area (Å²) in [7, 11) is 0. The lowest BCUT2D eigenvalue weighted by Crippen LogP contribution is -2.58. The summed E-state index contributed by atoms with van der Waals surface area (Å²) in [5, 5.41) is 12.3. The Labute approximate surface area is 201 Å². The van der Waals surface area contributed by atoms with E-state index in [1.54, 1.807) is 6.92 Å². The summed E-state index contributed by atoms with van der Waals surface area (Å²) in [6.45, 7) is 8.92. The first-order valence-electron chi connectivity index (χ1n) is 11.7. The third kappa shape index (κ3) is 5.08. The largest absolute Gasteiger partial charge is 0.480 e. The Hall–Kier alpha value is -3.35. The van der Waals surface area contributed by atoms with Gasteiger partial charge in [0.2, 0.25) is 5.91 Å². The van der Waals surface area contributed by atoms with Crippen LogP contribution in [0.25, 0.3) is 11.1 Å². The molecule has 0 unspecified atom stereocenters. The van der Waals surface area contributed by atoms with Gasteiger partial charge in [0.25, 0.3) is 0 Å². The summed E-state index contributed by atoms with van der Waals surface area (Å²) in [5.74, 6) is -1.52. The average Bonchev–Trinajstić information content (AvgIpc) is 3.11. The molecule has 2 aromatic carbocycles. The summed E-state index contributed by atoms with van der Waals surface area (Å²) in [4.78, 5) is 39.1. The zero-order valence-corrected chi connectivity index (χ0v) is 20.5. The number of hydrogen-bond donors (Lipinski definition) is 2. The van der Waals surface area contributed by atoms with Crippen molar-refractivity contribution in [3.63, 3.8) is 0 Å². The van der Waals surface area contributed by atoms with E-state index in [9.17, 15) is 19.5 Å². The smallest absolute Gasteiger partial charge is 0.407 e. The predicted octanol–water partition coefficient (Wildman–Crippen LogP) is 4.65. The minimum absolute atomic E-state index is 0.0875. The Bertz CT molecular complexity index is 1020. The zero-order valence-electron chi connectivity index (χ0n) is 20.5. The lowest BCUT2D eigenvalue weighted by molar-refractivity contribution is -0.157. The van der Waals surface area contributed by atoms with Crippen molar-refractivity contribution < 1.29 is 24.2 Å². The van der Waals surface area contributed by atoms with E-state index in [-0.39, 0.29) is 25.0 Å². The van der Waals surface area contributed by atoms with Crippen LogP contribution in [0.2, 0.25) is 0 Å². The van der Waals surface area contributed by atoms with E-state index in [1.807, 2.05) is 50.2 Å². The molecular weight excluding hydrogens is 432 g/mol. The maximum Gasteiger partial charge on any atom is 0.407 e. The first kappa shape index (κ1) is 25.3. The molecule has 7 heteroatoms. The Morgan fingerprint density at radius 3 is 2.03 bits per heavy atom. The topological polar surface area (TPSA) is 95.9 Å². The van der Waals surface area contributed by atoms with Gasteiger partial charge >= 0.3 is 12.1 Å². The first-order chi connectivity index (χ1) is 16.1. The van der Waals surface area contributed by atoms with Crippen LogP contribution in [0.5, 0.6) is 0 Å². The van der Waals surface area contributed by atoms with Crippen molar-refractivity contribution in [3.05, 3.63) is 59.7 Å². The van der Waals surface area contributed by atoms with Crippen molar-refractivity contribution in [3.8, 4) is 11.1 Å². The van der Waals surface area contributed by atoms with Crippen molar-refractivity contribution >= 4 is 18.0 Å². The highest BCUT2D eigenvalue weighted by Crippen LogP contribution is 2.44. The Kier molecular flexibility index (Phi) is 7.64. The third-order valence-corrected chi connectivity index (χ3v) is 6.42. The van der Waals surface area contributed by atoms with Gasteiger partial charge in [-0.3, -0.25) is 4.79 Å². The summed E-state index contributed by atoms with van der Waals surface area (Å²) in [5.41, 5.74) is 3.08. The van der Waals surface area contributed by atoms with Crippen LogP contribution < -0.4 is 5.32 Å². The van der Waals surface area contributed by atoms with Crippen LogP contribution in [-0.4, -0.2) is 52.7 Å². The molecule has 0 saturated carbocycles. The van der Waals surface area contributed by atoms with Gasteiger partial charge in [0.1, 0.15) is 18.2 Å². The maximum absolute atomic E-state index is 13.3. The van der Waals surface area contributed by atoms with E-state index >= 15 is 0 Å². The molecule has 0 aliphatic heterocycles. The van der Waals surface area contributed by atoms with Crippen molar-refractivity contribution in [2.75, 3.05) is 13.2 Å². The van der Waals surface area contributed by atoms with Gasteiger partial charge in [-0.25, -0.2) is 9.59 Å². The van der Waals surface area contributed by atoms with E-state index in [0.717, 1.165) is 22.3 Å². The van der Waals surface area contributed by atoms with Gasteiger partial charge in [0, 0.05) is 12.5 Å². The number of carbonyl (C=O) groups excluding carboxylic acids is 2. The van der Waals surface area contributed by atoms with Gasteiger partial charge in [-0.2, -0.15) is 0 Å². The molecule has 0 bridgehead atoms. The highest BCUT2D eigenvalue weighted by Gasteiger charge is 2.40. The van der Waals surface area contributed by atoms with E-state index in [0.29, 0.717) is 6.42 Å². The van der Waals surface area contributed by atoms with E-state index in [1.165, 1.54) is 18.7 Å². The molecule has 0 heterocycles. The highest BCUT2D eigenvalue weighted by atomic mass is 16.5. The molecular formula is C27H34N2O5. The predicted molar refractivity (Wildman–Crippen MR) is 131 cm³/mol. The minimum Gasteiger partial charge on any atom is -0.480 e. The number of nitrogens with one attached hydrogen (secondary N) is 1. The number of benzene rings is 2. The van der Waals surface area contributed by atoms with Crippen LogP contribution in [0.3, 0.4) is 0 Å². The second-order valence-corrected chi connectivity index (χ2v) is 9.60. The Morgan fingerprint density at radius 1 is 1.03 bits per heavy atom. The molecule has 182 valence electrons. The zero-order chi connectivity index (χ0) is 25.0. The summed E-state index contributed by atoms with van der Waals surface area (Å²) >= 11 is 0. The molecule has 1 aliphatic rings. The summed E-state index contributed by atoms with van der Waals surface area (Å²) in [6, 6.07) is 15.3. The molecule has 3 rings (SSSR count). The first-order valence-corrected chi connectivity index (χ1v) is 11.7. The van der Waals surface area contributed by atoms with Crippen molar-refractivity contribution in [1.82, 2.24) is 10.2 Å². The molecule has 0 aromatic heterocycles. The second kappa shape index (κ2) is 10.3. The monoisotopic (exact) mass is 466 g/mol. The van der Waals surface area contributed by atoms with Crippen LogP contribution in [0, 0.1) is 5.92 Å². The van der Waals surface area contributed by atoms with Gasteiger partial charge in [-0.15, -0.1) is 0 Å². The number of alkyl carbamates (subject to hydrolysis) is 1. The molecule has 2 aromatic rings. The molecule has 2 N–H and O–H groups in total. The van der Waals surface area contributed by atoms with Gasteiger partial charge in [0.15, 0.2) is 0 Å². The van der Waals surface area contributed by atoms with Gasteiger partial charge in [0.05, 0.1) is 0 Å². The number of carbonyl (C=O) groups is 3. The van der Waals surface area contributed by atoms with Crippen LogP contribution in [0.4, 0.5) is 4.79 Å². The van der Waals surface area contributed by atoms with Gasteiger partial charge < -0.3 is 20.1 Å². The number of rotatable bonds is 9. The molecule has 0 spiro atoms. The van der Waals surface area contributed by atoms with Crippen LogP contribution in [0.15, 0.2) is 48.5 Å². The second-order valence-electron chi connectivity index (χ2n) is 9.60. The number of fused-ring (bicyclic) bond motifs is 3. The minimum atomic E-state index is -1.40. The molecule has 1 aliphatic carbocycles. The van der Waals surface area contributed by atoms with Crippen molar-refractivity contribution in [2.24, 2.45) is 5.92 Å². The molecule has 0 radical (unpaired) electrons. The van der Waals surface area contributed by atoms with Gasteiger partial charge in [-0.05, 0) is 55.4 Å². The maximum atomic E-state index is 13.3. The van der Waals surface area contributed by atoms with Gasteiger partial charge in [-0.1, -0.05) is 62.4 Å². The highest BCUT2D eigenvalue weighted by molar-refractivity contribution is 5.91. The number of carboxylic acids is 1. The number of likely N-dealkylation sites (N-methyl/N-ethyl adjacent to an activating group) is 1. The van der Waals surface area contributed by atoms with Crippen molar-refractivity contribution in [1.29, 1.82) is 0 Å². The molecule has 0 fully saturated rings. The quantitative estimate of drug-likeness (QED) is 0.561. The number of hydrogen-bond acceptors (Lipinski definition) is 4. The van der Waals surface area contributed by atoms with Crippen LogP contribution >= 0.6 is 0 Å². The molecule has 34 heavy (non-hydrogen) atoms. The summed E-state index contributed by atoms with van der Waals surface area (Å²) in [6.07, 6.45) is -0.320. The van der Waals surface area contributed by atoms with Crippen LogP contribution in [0.1, 0.15) is 58.1 Å².